The van der Waals surface area contributed by atoms with Gasteiger partial charge in [-0.2, -0.15) is 0 Å². The topological polar surface area (TPSA) is 41.6 Å². The Balaban J connectivity index is 2.00. The lowest BCUT2D eigenvalue weighted by molar-refractivity contribution is -0.147. The highest BCUT2D eigenvalue weighted by atomic mass is 16.5. The standard InChI is InChI=1S/C14H26N2O2/c1-4-12-9-18-11(3)8-16(12)14(17)13-7-10(2)5-6-15-13/h10-13,15H,4-9H2,1-3H3. The molecule has 0 aromatic rings. The molecule has 0 aromatic carbocycles. The molecule has 0 radical (unpaired) electrons. The molecule has 2 fully saturated rings. The first-order chi connectivity index (χ1) is 8.61. The van der Waals surface area contributed by atoms with Gasteiger partial charge in [-0.15, -0.1) is 0 Å². The molecular formula is C14H26N2O2. The third-order valence-electron chi connectivity index (χ3n) is 4.19. The second-order valence-electron chi connectivity index (χ2n) is 5.83. The van der Waals surface area contributed by atoms with Gasteiger partial charge in [0.05, 0.1) is 24.8 Å². The Morgan fingerprint density at radius 2 is 2.22 bits per heavy atom. The largest absolute Gasteiger partial charge is 0.375 e. The number of hydrogen-bond donors (Lipinski definition) is 1. The predicted molar refractivity (Wildman–Crippen MR) is 71.4 cm³/mol. The van der Waals surface area contributed by atoms with E-state index >= 15 is 0 Å². The van der Waals surface area contributed by atoms with Gasteiger partial charge in [0.2, 0.25) is 5.91 Å². The summed E-state index contributed by atoms with van der Waals surface area (Å²) in [4.78, 5) is 14.7. The van der Waals surface area contributed by atoms with E-state index in [0.29, 0.717) is 12.5 Å². The van der Waals surface area contributed by atoms with E-state index in [1.807, 2.05) is 11.8 Å². The molecule has 18 heavy (non-hydrogen) atoms. The third-order valence-corrected chi connectivity index (χ3v) is 4.19. The van der Waals surface area contributed by atoms with E-state index in [0.717, 1.165) is 25.9 Å². The minimum atomic E-state index is 0.0214. The molecule has 0 bridgehead atoms. The molecule has 0 spiro atoms. The molecule has 2 aliphatic heterocycles. The summed E-state index contributed by atoms with van der Waals surface area (Å²) in [5, 5.41) is 3.37. The highest BCUT2D eigenvalue weighted by Crippen LogP contribution is 2.21. The summed E-state index contributed by atoms with van der Waals surface area (Å²) in [5.74, 6) is 0.933. The third kappa shape index (κ3) is 3.04. The molecule has 1 N–H and O–H groups in total. The molecule has 104 valence electrons. The van der Waals surface area contributed by atoms with Gasteiger partial charge in [-0.3, -0.25) is 4.79 Å². The first kappa shape index (κ1) is 13.8. The molecule has 0 saturated carbocycles. The van der Waals surface area contributed by atoms with Crippen molar-refractivity contribution in [1.82, 2.24) is 10.2 Å². The van der Waals surface area contributed by atoms with Gasteiger partial charge in [-0.1, -0.05) is 13.8 Å². The lowest BCUT2D eigenvalue weighted by Gasteiger charge is -2.41. The number of hydrogen-bond acceptors (Lipinski definition) is 3. The normalized spacial score (nSPS) is 37.6. The zero-order valence-corrected chi connectivity index (χ0v) is 11.8. The van der Waals surface area contributed by atoms with E-state index in [-0.39, 0.29) is 24.1 Å². The van der Waals surface area contributed by atoms with Gasteiger partial charge < -0.3 is 15.0 Å². The second-order valence-corrected chi connectivity index (χ2v) is 5.83. The van der Waals surface area contributed by atoms with Crippen LogP contribution in [0.15, 0.2) is 0 Å². The average molecular weight is 254 g/mol. The van der Waals surface area contributed by atoms with E-state index in [2.05, 4.69) is 19.2 Å². The molecule has 1 amide bonds. The number of nitrogens with one attached hydrogen (secondary N) is 1. The number of nitrogens with zero attached hydrogens (tertiary/aromatic N) is 1. The summed E-state index contributed by atoms with van der Waals surface area (Å²) in [5.41, 5.74) is 0. The molecule has 0 aromatic heterocycles. The Bertz CT molecular complexity index is 296. The number of morpholine rings is 1. The van der Waals surface area contributed by atoms with Crippen LogP contribution in [-0.4, -0.2) is 48.7 Å². The van der Waals surface area contributed by atoms with Crippen LogP contribution in [-0.2, 0) is 9.53 Å². The zero-order valence-electron chi connectivity index (χ0n) is 11.8. The highest BCUT2D eigenvalue weighted by molar-refractivity contribution is 5.82. The van der Waals surface area contributed by atoms with Gasteiger partial charge in [-0.05, 0) is 38.6 Å². The Labute approximate surface area is 110 Å². The summed E-state index contributed by atoms with van der Waals surface area (Å²) in [7, 11) is 0. The van der Waals surface area contributed by atoms with Crippen molar-refractivity contribution in [3.05, 3.63) is 0 Å². The van der Waals surface area contributed by atoms with Crippen molar-refractivity contribution < 1.29 is 9.53 Å². The van der Waals surface area contributed by atoms with Crippen molar-refractivity contribution in [2.75, 3.05) is 19.7 Å². The molecule has 2 aliphatic rings. The van der Waals surface area contributed by atoms with Gasteiger partial charge in [0.1, 0.15) is 0 Å². The molecule has 2 rings (SSSR count). The van der Waals surface area contributed by atoms with Crippen LogP contribution < -0.4 is 5.32 Å². The summed E-state index contributed by atoms with van der Waals surface area (Å²) >= 11 is 0. The van der Waals surface area contributed by atoms with Crippen LogP contribution in [0.1, 0.15) is 40.0 Å². The van der Waals surface area contributed by atoms with Gasteiger partial charge in [-0.25, -0.2) is 0 Å². The molecular weight excluding hydrogens is 228 g/mol. The summed E-state index contributed by atoms with van der Waals surface area (Å²) in [6, 6.07) is 0.279. The Morgan fingerprint density at radius 3 is 2.89 bits per heavy atom. The number of amides is 1. The van der Waals surface area contributed by atoms with Gasteiger partial charge >= 0.3 is 0 Å². The number of piperidine rings is 1. The van der Waals surface area contributed by atoms with Crippen LogP contribution in [0.25, 0.3) is 0 Å². The van der Waals surface area contributed by atoms with Gasteiger partial charge in [0, 0.05) is 6.54 Å². The van der Waals surface area contributed by atoms with Crippen LogP contribution in [0.2, 0.25) is 0 Å². The maximum absolute atomic E-state index is 12.6. The Kier molecular flexibility index (Phi) is 4.62. The monoisotopic (exact) mass is 254 g/mol. The minimum Gasteiger partial charge on any atom is -0.375 e. The summed E-state index contributed by atoms with van der Waals surface area (Å²) in [6.07, 6.45) is 3.29. The van der Waals surface area contributed by atoms with Crippen LogP contribution >= 0.6 is 0 Å². The fourth-order valence-electron chi connectivity index (χ4n) is 2.95. The van der Waals surface area contributed by atoms with Gasteiger partial charge in [0.25, 0.3) is 0 Å². The lowest BCUT2D eigenvalue weighted by atomic mass is 9.93. The van der Waals surface area contributed by atoms with Crippen molar-refractivity contribution in [3.63, 3.8) is 0 Å². The molecule has 2 saturated heterocycles. The van der Waals surface area contributed by atoms with Crippen molar-refractivity contribution in [2.45, 2.75) is 58.2 Å². The van der Waals surface area contributed by atoms with E-state index in [1.54, 1.807) is 0 Å². The van der Waals surface area contributed by atoms with E-state index in [1.165, 1.54) is 6.42 Å². The molecule has 2 heterocycles. The fourth-order valence-corrected chi connectivity index (χ4v) is 2.95. The second kappa shape index (κ2) is 6.02. The van der Waals surface area contributed by atoms with Crippen molar-refractivity contribution in [1.29, 1.82) is 0 Å². The van der Waals surface area contributed by atoms with Crippen molar-refractivity contribution in [3.8, 4) is 0 Å². The smallest absolute Gasteiger partial charge is 0.240 e. The van der Waals surface area contributed by atoms with E-state index < -0.39 is 0 Å². The van der Waals surface area contributed by atoms with Crippen molar-refractivity contribution >= 4 is 5.91 Å². The quantitative estimate of drug-likeness (QED) is 0.810. The first-order valence-corrected chi connectivity index (χ1v) is 7.27. The predicted octanol–water partition coefficient (Wildman–Crippen LogP) is 1.40. The Hall–Kier alpha value is -0.610. The van der Waals surface area contributed by atoms with E-state index in [9.17, 15) is 4.79 Å². The average Bonchev–Trinajstić information content (AvgIpc) is 2.38. The lowest BCUT2D eigenvalue weighted by Crippen LogP contribution is -2.58. The van der Waals surface area contributed by atoms with Crippen LogP contribution in [0.5, 0.6) is 0 Å². The number of ether oxygens (including phenoxy) is 1. The maximum Gasteiger partial charge on any atom is 0.240 e. The summed E-state index contributed by atoms with van der Waals surface area (Å²) in [6.45, 7) is 8.80. The zero-order chi connectivity index (χ0) is 13.1. The molecule has 4 atom stereocenters. The molecule has 4 nitrogen and oxygen atoms in total. The SMILES string of the molecule is CCC1COC(C)CN1C(=O)C1CC(C)CCN1. The van der Waals surface area contributed by atoms with Crippen LogP contribution in [0, 0.1) is 5.92 Å². The van der Waals surface area contributed by atoms with Crippen molar-refractivity contribution in [2.24, 2.45) is 5.92 Å². The maximum atomic E-state index is 12.6. The summed E-state index contributed by atoms with van der Waals surface area (Å²) < 4.78 is 5.66. The molecule has 0 aliphatic carbocycles. The first-order valence-electron chi connectivity index (χ1n) is 7.27. The number of carbonyl (C=O) groups is 1. The van der Waals surface area contributed by atoms with Gasteiger partial charge in [0.15, 0.2) is 0 Å². The minimum absolute atomic E-state index is 0.0214. The molecule has 4 unspecified atom stereocenters. The van der Waals surface area contributed by atoms with E-state index in [4.69, 9.17) is 4.74 Å². The van der Waals surface area contributed by atoms with Crippen LogP contribution in [0.3, 0.4) is 0 Å². The number of carbonyl (C=O) groups excluding carboxylic acids is 1. The highest BCUT2D eigenvalue weighted by Gasteiger charge is 2.34. The molecule has 4 heteroatoms. The van der Waals surface area contributed by atoms with Crippen LogP contribution in [0.4, 0.5) is 0 Å². The fraction of sp³-hybridized carbons (Fsp3) is 0.929. The number of rotatable bonds is 2. The Morgan fingerprint density at radius 1 is 1.44 bits per heavy atom.